The van der Waals surface area contributed by atoms with Crippen molar-refractivity contribution in [3.05, 3.63) is 54.5 Å². The summed E-state index contributed by atoms with van der Waals surface area (Å²) < 4.78 is 10.0. The van der Waals surface area contributed by atoms with E-state index in [-0.39, 0.29) is 24.0 Å². The second-order valence-electron chi connectivity index (χ2n) is 10.5. The standard InChI is InChI=1S/C28H34N4O3/c1-28(27(34)29-20-10-3-2-4-11-20)19-31-23-14-6-5-13-22(23)24(30-15-7-8-16-30)25(31)26(33)32(28)18-21-12-9-17-35-21/h5-8,13-16,20-21H,2-4,9-12,17-19H2,1H3,(H,29,34)/t21-,28+/m0/s1. The zero-order chi connectivity index (χ0) is 24.0. The van der Waals surface area contributed by atoms with E-state index < -0.39 is 5.54 Å². The highest BCUT2D eigenvalue weighted by Gasteiger charge is 2.50. The van der Waals surface area contributed by atoms with Crippen LogP contribution >= 0.6 is 0 Å². The smallest absolute Gasteiger partial charge is 0.273 e. The number of carbonyl (C=O) groups is 2. The van der Waals surface area contributed by atoms with Gasteiger partial charge in [0, 0.05) is 37.0 Å². The molecule has 35 heavy (non-hydrogen) atoms. The number of nitrogens with zero attached hydrogens (tertiary/aromatic N) is 3. The Kier molecular flexibility index (Phi) is 5.67. The maximum Gasteiger partial charge on any atom is 0.273 e. The summed E-state index contributed by atoms with van der Waals surface area (Å²) in [5.74, 6) is -0.158. The molecule has 2 fully saturated rings. The van der Waals surface area contributed by atoms with Crippen LogP contribution < -0.4 is 5.32 Å². The van der Waals surface area contributed by atoms with Crippen LogP contribution in [0.3, 0.4) is 0 Å². The fraction of sp³-hybridized carbons (Fsp3) is 0.500. The Morgan fingerprint density at radius 2 is 1.83 bits per heavy atom. The number of benzene rings is 1. The summed E-state index contributed by atoms with van der Waals surface area (Å²) in [6.07, 6.45) is 11.4. The number of amides is 2. The van der Waals surface area contributed by atoms with Gasteiger partial charge in [-0.3, -0.25) is 9.59 Å². The van der Waals surface area contributed by atoms with Gasteiger partial charge in [0.1, 0.15) is 11.2 Å². The third-order valence-electron chi connectivity index (χ3n) is 8.16. The number of hydrogen-bond acceptors (Lipinski definition) is 3. The van der Waals surface area contributed by atoms with Crippen molar-refractivity contribution in [1.29, 1.82) is 0 Å². The van der Waals surface area contributed by atoms with Crippen LogP contribution in [0.25, 0.3) is 16.6 Å². The second kappa shape index (κ2) is 8.86. The second-order valence-corrected chi connectivity index (χ2v) is 10.5. The lowest BCUT2D eigenvalue weighted by molar-refractivity contribution is -0.134. The highest BCUT2D eigenvalue weighted by molar-refractivity contribution is 6.09. The van der Waals surface area contributed by atoms with Crippen LogP contribution in [0, 0.1) is 0 Å². The predicted molar refractivity (Wildman–Crippen MR) is 135 cm³/mol. The Bertz CT molecular complexity index is 1230. The minimum atomic E-state index is -0.997. The Labute approximate surface area is 206 Å². The first kappa shape index (κ1) is 22.4. The largest absolute Gasteiger partial charge is 0.376 e. The van der Waals surface area contributed by atoms with Crippen molar-refractivity contribution >= 4 is 22.7 Å². The van der Waals surface area contributed by atoms with Gasteiger partial charge in [0.15, 0.2) is 0 Å². The van der Waals surface area contributed by atoms with E-state index in [1.165, 1.54) is 6.42 Å². The van der Waals surface area contributed by atoms with Gasteiger partial charge in [-0.2, -0.15) is 0 Å². The molecule has 3 aliphatic rings. The molecular formula is C28H34N4O3. The van der Waals surface area contributed by atoms with E-state index in [1.807, 2.05) is 59.1 Å². The SMILES string of the molecule is C[C@]1(C(=O)NC2CCCCC2)Cn2c(c(-n3cccc3)c3ccccc32)C(=O)N1C[C@@H]1CCCO1. The molecule has 1 N–H and O–H groups in total. The quantitative estimate of drug-likeness (QED) is 0.600. The zero-order valence-electron chi connectivity index (χ0n) is 20.4. The number of fused-ring (bicyclic) bond motifs is 3. The molecule has 7 heteroatoms. The molecule has 3 aromatic rings. The Balaban J connectivity index is 1.46. The molecular weight excluding hydrogens is 440 g/mol. The van der Waals surface area contributed by atoms with E-state index in [0.717, 1.165) is 55.1 Å². The van der Waals surface area contributed by atoms with Gasteiger partial charge in [0.2, 0.25) is 5.91 Å². The summed E-state index contributed by atoms with van der Waals surface area (Å²) in [7, 11) is 0. The molecule has 1 saturated heterocycles. The first-order chi connectivity index (χ1) is 17.1. The fourth-order valence-corrected chi connectivity index (χ4v) is 6.21. The highest BCUT2D eigenvalue weighted by Crippen LogP contribution is 2.38. The molecule has 2 aliphatic heterocycles. The van der Waals surface area contributed by atoms with Gasteiger partial charge in [0.25, 0.3) is 5.91 Å². The van der Waals surface area contributed by atoms with Crippen molar-refractivity contribution in [3.8, 4) is 5.69 Å². The third-order valence-corrected chi connectivity index (χ3v) is 8.16. The lowest BCUT2D eigenvalue weighted by Crippen LogP contribution is -2.66. The van der Waals surface area contributed by atoms with Crippen molar-refractivity contribution in [3.63, 3.8) is 0 Å². The summed E-state index contributed by atoms with van der Waals surface area (Å²) >= 11 is 0. The molecule has 1 aromatic carbocycles. The molecule has 2 aromatic heterocycles. The van der Waals surface area contributed by atoms with Gasteiger partial charge in [-0.1, -0.05) is 37.5 Å². The van der Waals surface area contributed by atoms with E-state index in [1.54, 1.807) is 0 Å². The molecule has 0 spiro atoms. The Hall–Kier alpha value is -3.06. The number of ether oxygens (including phenoxy) is 1. The molecule has 1 aliphatic carbocycles. The van der Waals surface area contributed by atoms with Gasteiger partial charge >= 0.3 is 0 Å². The minimum absolute atomic E-state index is 0.0355. The van der Waals surface area contributed by atoms with Crippen molar-refractivity contribution in [2.45, 2.75) is 76.1 Å². The van der Waals surface area contributed by atoms with Crippen LogP contribution in [-0.2, 0) is 16.1 Å². The zero-order valence-corrected chi connectivity index (χ0v) is 20.4. The summed E-state index contributed by atoms with van der Waals surface area (Å²) in [6.45, 7) is 3.50. The monoisotopic (exact) mass is 474 g/mol. The molecule has 2 atom stereocenters. The van der Waals surface area contributed by atoms with Gasteiger partial charge in [-0.25, -0.2) is 0 Å². The average Bonchev–Trinajstić information content (AvgIpc) is 3.63. The minimum Gasteiger partial charge on any atom is -0.376 e. The van der Waals surface area contributed by atoms with Gasteiger partial charge < -0.3 is 24.1 Å². The summed E-state index contributed by atoms with van der Waals surface area (Å²) in [5, 5.41) is 4.34. The van der Waals surface area contributed by atoms with Crippen LogP contribution in [0.4, 0.5) is 0 Å². The predicted octanol–water partition coefficient (Wildman–Crippen LogP) is 4.27. The summed E-state index contributed by atoms with van der Waals surface area (Å²) in [4.78, 5) is 30.1. The molecule has 4 heterocycles. The summed E-state index contributed by atoms with van der Waals surface area (Å²) in [6, 6.07) is 12.2. The molecule has 2 amide bonds. The van der Waals surface area contributed by atoms with E-state index in [9.17, 15) is 9.59 Å². The molecule has 0 bridgehead atoms. The highest BCUT2D eigenvalue weighted by atomic mass is 16.5. The normalized spacial score (nSPS) is 25.2. The van der Waals surface area contributed by atoms with Crippen molar-refractivity contribution in [2.75, 3.05) is 13.2 Å². The number of para-hydroxylation sites is 1. The van der Waals surface area contributed by atoms with E-state index in [2.05, 4.69) is 16.0 Å². The molecule has 6 rings (SSSR count). The Morgan fingerprint density at radius 1 is 1.06 bits per heavy atom. The van der Waals surface area contributed by atoms with Crippen molar-refractivity contribution < 1.29 is 14.3 Å². The van der Waals surface area contributed by atoms with Gasteiger partial charge in [-0.15, -0.1) is 0 Å². The molecule has 184 valence electrons. The van der Waals surface area contributed by atoms with Gasteiger partial charge in [0.05, 0.1) is 23.9 Å². The van der Waals surface area contributed by atoms with Gasteiger partial charge in [-0.05, 0) is 50.8 Å². The number of carbonyl (C=O) groups excluding carboxylic acids is 2. The average molecular weight is 475 g/mol. The van der Waals surface area contributed by atoms with Crippen LogP contribution in [0.2, 0.25) is 0 Å². The molecule has 0 unspecified atom stereocenters. The lowest BCUT2D eigenvalue weighted by Gasteiger charge is -2.45. The van der Waals surface area contributed by atoms with Crippen LogP contribution in [0.1, 0.15) is 62.4 Å². The topological polar surface area (TPSA) is 68.5 Å². The molecule has 7 nitrogen and oxygen atoms in total. The van der Waals surface area contributed by atoms with E-state index >= 15 is 0 Å². The van der Waals surface area contributed by atoms with Crippen LogP contribution in [0.5, 0.6) is 0 Å². The van der Waals surface area contributed by atoms with Crippen LogP contribution in [0.15, 0.2) is 48.8 Å². The summed E-state index contributed by atoms with van der Waals surface area (Å²) in [5.41, 5.74) is 1.50. The van der Waals surface area contributed by atoms with E-state index in [4.69, 9.17) is 4.74 Å². The molecule has 0 radical (unpaired) electrons. The first-order valence-corrected chi connectivity index (χ1v) is 13.1. The molecule has 1 saturated carbocycles. The number of aromatic nitrogens is 2. The number of rotatable bonds is 5. The maximum absolute atomic E-state index is 14.4. The van der Waals surface area contributed by atoms with E-state index in [0.29, 0.717) is 25.4 Å². The van der Waals surface area contributed by atoms with Crippen molar-refractivity contribution in [2.24, 2.45) is 0 Å². The fourth-order valence-electron chi connectivity index (χ4n) is 6.21. The number of hydrogen-bond donors (Lipinski definition) is 1. The third kappa shape index (κ3) is 3.77. The number of nitrogens with one attached hydrogen (secondary N) is 1. The first-order valence-electron chi connectivity index (χ1n) is 13.1. The lowest BCUT2D eigenvalue weighted by atomic mass is 9.91. The van der Waals surface area contributed by atoms with Crippen LogP contribution in [-0.4, -0.2) is 56.7 Å². The maximum atomic E-state index is 14.4. The van der Waals surface area contributed by atoms with Crippen molar-refractivity contribution in [1.82, 2.24) is 19.4 Å². The Morgan fingerprint density at radius 3 is 2.57 bits per heavy atom.